The van der Waals surface area contributed by atoms with E-state index in [0.29, 0.717) is 31.5 Å². The topological polar surface area (TPSA) is 41.6 Å². The third kappa shape index (κ3) is 4.68. The maximum atomic E-state index is 13.6. The van der Waals surface area contributed by atoms with Gasteiger partial charge in [-0.1, -0.05) is 6.07 Å². The number of hydrogen-bond acceptors (Lipinski definition) is 3. The van der Waals surface area contributed by atoms with Crippen LogP contribution in [-0.4, -0.2) is 35.2 Å². The number of rotatable bonds is 4. The Morgan fingerprint density at radius 1 is 1.21 bits per heavy atom. The van der Waals surface area contributed by atoms with Crippen molar-refractivity contribution in [1.29, 1.82) is 0 Å². The van der Waals surface area contributed by atoms with Crippen LogP contribution in [0.25, 0.3) is 0 Å². The van der Waals surface area contributed by atoms with Crippen LogP contribution < -0.4 is 5.32 Å². The fourth-order valence-corrected chi connectivity index (χ4v) is 3.93. The second-order valence-electron chi connectivity index (χ2n) is 9.36. The number of carbonyl (C=O) groups excluding carboxylic acids is 1. The van der Waals surface area contributed by atoms with Gasteiger partial charge >= 0.3 is 12.3 Å². The molecule has 1 aliphatic carbocycles. The molecule has 0 bridgehead atoms. The molecule has 1 aromatic carbocycles. The van der Waals surface area contributed by atoms with E-state index < -0.39 is 34.2 Å². The van der Waals surface area contributed by atoms with Crippen molar-refractivity contribution in [3.63, 3.8) is 0 Å². The van der Waals surface area contributed by atoms with E-state index in [-0.39, 0.29) is 6.09 Å². The van der Waals surface area contributed by atoms with E-state index in [4.69, 9.17) is 4.74 Å². The molecule has 0 spiro atoms. The molecule has 4 nitrogen and oxygen atoms in total. The van der Waals surface area contributed by atoms with Gasteiger partial charge in [0.05, 0.1) is 11.1 Å². The largest absolute Gasteiger partial charge is 0.444 e. The van der Waals surface area contributed by atoms with E-state index in [1.807, 2.05) is 27.7 Å². The zero-order valence-electron chi connectivity index (χ0n) is 17.3. The molecule has 0 radical (unpaired) electrons. The van der Waals surface area contributed by atoms with Gasteiger partial charge in [0.1, 0.15) is 11.4 Å². The van der Waals surface area contributed by atoms with Gasteiger partial charge in [-0.2, -0.15) is 13.2 Å². The third-order valence-corrected chi connectivity index (χ3v) is 5.74. The number of benzene rings is 1. The van der Waals surface area contributed by atoms with Gasteiger partial charge in [0, 0.05) is 18.6 Å². The zero-order valence-corrected chi connectivity index (χ0v) is 17.3. The first-order valence-corrected chi connectivity index (χ1v) is 9.89. The lowest BCUT2D eigenvalue weighted by atomic mass is 9.96. The van der Waals surface area contributed by atoms with E-state index in [1.165, 1.54) is 6.07 Å². The number of carbonyl (C=O) groups is 1. The van der Waals surface area contributed by atoms with Crippen LogP contribution in [0.2, 0.25) is 0 Å². The summed E-state index contributed by atoms with van der Waals surface area (Å²) < 4.78 is 58.4. The lowest BCUT2D eigenvalue weighted by molar-refractivity contribution is -0.140. The maximum Gasteiger partial charge on any atom is 0.419 e. The average Bonchev–Trinajstić information content (AvgIpc) is 3.26. The summed E-state index contributed by atoms with van der Waals surface area (Å²) in [5, 5.41) is 3.38. The highest BCUT2D eigenvalue weighted by Gasteiger charge is 2.49. The number of halogens is 4. The van der Waals surface area contributed by atoms with Crippen molar-refractivity contribution >= 4 is 6.09 Å². The number of amides is 1. The zero-order chi connectivity index (χ0) is 21.7. The van der Waals surface area contributed by atoms with Crippen LogP contribution in [0.1, 0.15) is 64.5 Å². The molecule has 1 saturated heterocycles. The molecule has 1 aromatic rings. The Bertz CT molecular complexity index is 784. The second-order valence-corrected chi connectivity index (χ2v) is 9.36. The highest BCUT2D eigenvalue weighted by Crippen LogP contribution is 2.47. The van der Waals surface area contributed by atoms with Crippen LogP contribution in [-0.2, 0) is 16.5 Å². The summed E-state index contributed by atoms with van der Waals surface area (Å²) in [7, 11) is 0. The fourth-order valence-electron chi connectivity index (χ4n) is 3.93. The molecule has 2 fully saturated rings. The standard InChI is InChI=1S/C21H28F4N2O2/c1-18(2,3)29-17(28)27-11-5-8-19(27,4)13-26-20(9-10-20)14-6-7-16(22)15(12-14)21(23,24)25/h6-7,12,26H,5,8-11,13H2,1-4H3. The van der Waals surface area contributed by atoms with E-state index in [9.17, 15) is 22.4 Å². The number of nitrogens with zero attached hydrogens (tertiary/aromatic N) is 1. The Morgan fingerprint density at radius 2 is 1.86 bits per heavy atom. The molecule has 0 aromatic heterocycles. The van der Waals surface area contributed by atoms with Crippen molar-refractivity contribution in [2.75, 3.05) is 13.1 Å². The molecule has 8 heteroatoms. The van der Waals surface area contributed by atoms with Gasteiger partial charge in [-0.05, 0) is 71.1 Å². The number of nitrogens with one attached hydrogen (secondary N) is 1. The summed E-state index contributed by atoms with van der Waals surface area (Å²) in [6, 6.07) is 3.19. The molecule has 29 heavy (non-hydrogen) atoms. The number of likely N-dealkylation sites (tertiary alicyclic amines) is 1. The van der Waals surface area contributed by atoms with E-state index in [1.54, 1.807) is 4.90 Å². The average molecular weight is 416 g/mol. The lowest BCUT2D eigenvalue weighted by Crippen LogP contribution is -2.54. The van der Waals surface area contributed by atoms with Crippen LogP contribution >= 0.6 is 0 Å². The van der Waals surface area contributed by atoms with Crippen molar-refractivity contribution in [1.82, 2.24) is 10.2 Å². The minimum absolute atomic E-state index is 0.384. The Labute approximate surface area is 168 Å². The van der Waals surface area contributed by atoms with Crippen molar-refractivity contribution < 1.29 is 27.1 Å². The molecule has 1 heterocycles. The second kappa shape index (κ2) is 7.15. The van der Waals surface area contributed by atoms with Gasteiger partial charge in [-0.15, -0.1) is 0 Å². The van der Waals surface area contributed by atoms with Gasteiger partial charge in [-0.25, -0.2) is 9.18 Å². The smallest absolute Gasteiger partial charge is 0.419 e. The van der Waals surface area contributed by atoms with Crippen LogP contribution in [0.5, 0.6) is 0 Å². The van der Waals surface area contributed by atoms with E-state index in [2.05, 4.69) is 5.32 Å². The van der Waals surface area contributed by atoms with Crippen molar-refractivity contribution in [3.05, 3.63) is 35.1 Å². The molecular weight excluding hydrogens is 388 g/mol. The van der Waals surface area contributed by atoms with Gasteiger partial charge in [0.25, 0.3) is 0 Å². The third-order valence-electron chi connectivity index (χ3n) is 5.74. The molecule has 1 N–H and O–H groups in total. The highest BCUT2D eigenvalue weighted by molar-refractivity contribution is 5.69. The summed E-state index contributed by atoms with van der Waals surface area (Å²) >= 11 is 0. The van der Waals surface area contributed by atoms with Crippen molar-refractivity contribution in [2.24, 2.45) is 0 Å². The molecule has 2 aliphatic rings. The predicted molar refractivity (Wildman–Crippen MR) is 101 cm³/mol. The molecule has 3 rings (SSSR count). The van der Waals surface area contributed by atoms with Crippen LogP contribution in [0.15, 0.2) is 18.2 Å². The summed E-state index contributed by atoms with van der Waals surface area (Å²) in [6.45, 7) is 8.38. The van der Waals surface area contributed by atoms with E-state index >= 15 is 0 Å². The molecule has 1 amide bonds. The SMILES string of the molecule is CC(C)(C)OC(=O)N1CCCC1(C)CNC1(c2ccc(F)c(C(F)(F)F)c2)CC1. The first-order chi connectivity index (χ1) is 13.3. The van der Waals surface area contributed by atoms with Gasteiger partial charge in [0.15, 0.2) is 0 Å². The molecule has 1 aliphatic heterocycles. The fraction of sp³-hybridized carbons (Fsp3) is 0.667. The summed E-state index contributed by atoms with van der Waals surface area (Å²) in [6.07, 6.45) is -2.19. The van der Waals surface area contributed by atoms with E-state index in [0.717, 1.165) is 25.0 Å². The Kier molecular flexibility index (Phi) is 5.39. The first kappa shape index (κ1) is 21.9. The van der Waals surface area contributed by atoms with Crippen LogP contribution in [0.3, 0.4) is 0 Å². The van der Waals surface area contributed by atoms with Gasteiger partial charge in [0.2, 0.25) is 0 Å². The molecule has 1 saturated carbocycles. The molecule has 1 unspecified atom stereocenters. The number of alkyl halides is 3. The molecular formula is C21H28F4N2O2. The lowest BCUT2D eigenvalue weighted by Gasteiger charge is -2.38. The minimum atomic E-state index is -4.74. The summed E-state index contributed by atoms with van der Waals surface area (Å²) in [5.41, 5.74) is -2.53. The van der Waals surface area contributed by atoms with Crippen LogP contribution in [0.4, 0.5) is 22.4 Å². The Balaban J connectivity index is 1.74. The monoisotopic (exact) mass is 416 g/mol. The quantitative estimate of drug-likeness (QED) is 0.685. The van der Waals surface area contributed by atoms with Crippen molar-refractivity contribution in [2.45, 2.75) is 76.2 Å². The number of ether oxygens (including phenoxy) is 1. The first-order valence-electron chi connectivity index (χ1n) is 9.89. The Hall–Kier alpha value is -1.83. The summed E-state index contributed by atoms with van der Waals surface area (Å²) in [4.78, 5) is 14.3. The van der Waals surface area contributed by atoms with Crippen molar-refractivity contribution in [3.8, 4) is 0 Å². The normalized spacial score (nSPS) is 23.9. The van der Waals surface area contributed by atoms with Crippen LogP contribution in [0, 0.1) is 5.82 Å². The van der Waals surface area contributed by atoms with Gasteiger partial charge < -0.3 is 15.0 Å². The molecule has 162 valence electrons. The summed E-state index contributed by atoms with van der Waals surface area (Å²) in [5.74, 6) is -1.27. The minimum Gasteiger partial charge on any atom is -0.444 e. The predicted octanol–water partition coefficient (Wildman–Crippen LogP) is 5.21. The van der Waals surface area contributed by atoms with Gasteiger partial charge in [-0.3, -0.25) is 0 Å². The highest BCUT2D eigenvalue weighted by atomic mass is 19.4. The Morgan fingerprint density at radius 3 is 2.41 bits per heavy atom. The maximum absolute atomic E-state index is 13.6. The number of hydrogen-bond donors (Lipinski definition) is 1. The molecule has 1 atom stereocenters.